The number of hydrogen-bond acceptors (Lipinski definition) is 6. The van der Waals surface area contributed by atoms with Crippen molar-refractivity contribution in [1.82, 2.24) is 0 Å². The molecule has 7 heteroatoms. The van der Waals surface area contributed by atoms with Crippen molar-refractivity contribution in [3.05, 3.63) is 18.2 Å². The second-order valence-corrected chi connectivity index (χ2v) is 3.51. The zero-order valence-electron chi connectivity index (χ0n) is 7.21. The minimum absolute atomic E-state index is 0.343. The highest BCUT2D eigenvalue weighted by Gasteiger charge is 2.09. The average Bonchev–Trinajstić information content (AvgIpc) is 2.49. The van der Waals surface area contributed by atoms with Gasteiger partial charge in [-0.25, -0.2) is 0 Å². The van der Waals surface area contributed by atoms with Crippen LogP contribution in [0.3, 0.4) is 0 Å². The molecule has 1 aliphatic heterocycles. The second kappa shape index (κ2) is 5.11. The fourth-order valence-corrected chi connectivity index (χ4v) is 1.85. The second-order valence-electron chi connectivity index (χ2n) is 2.49. The minimum Gasteiger partial charge on any atom is -0.508 e. The Morgan fingerprint density at radius 2 is 1.93 bits per heavy atom. The number of rotatable bonds is 0. The van der Waals surface area contributed by atoms with E-state index in [0.29, 0.717) is 5.75 Å². The van der Waals surface area contributed by atoms with E-state index in [1.54, 1.807) is 23.9 Å². The highest BCUT2D eigenvalue weighted by molar-refractivity contribution is 7.99. The van der Waals surface area contributed by atoms with Crippen molar-refractivity contribution in [2.45, 2.75) is 4.90 Å². The molecule has 0 saturated heterocycles. The van der Waals surface area contributed by atoms with Crippen LogP contribution in [0.5, 0.6) is 5.75 Å². The normalized spacial score (nSPS) is 12.2. The van der Waals surface area contributed by atoms with Crippen LogP contribution < -0.4 is 5.32 Å². The molecule has 2 rings (SSSR count). The molecule has 0 amide bonds. The molecule has 1 heterocycles. The summed E-state index contributed by atoms with van der Waals surface area (Å²) >= 11 is 1.71. The maximum absolute atomic E-state index is 9.06. The zero-order valence-corrected chi connectivity index (χ0v) is 8.03. The standard InChI is InChI=1S/C7H7NOS.BH3O3/c9-5-1-2-6-7(3-5)10-4-8-6;2-1(3)4/h1-3,8-9H,4H2;2-4H. The third-order valence-corrected chi connectivity index (χ3v) is 2.39. The van der Waals surface area contributed by atoms with Gasteiger partial charge >= 0.3 is 7.32 Å². The molecule has 0 radical (unpaired) electrons. The van der Waals surface area contributed by atoms with Crippen molar-refractivity contribution in [2.24, 2.45) is 0 Å². The molecular formula is C7H10BNO4S. The number of aromatic hydroxyl groups is 1. The maximum Gasteiger partial charge on any atom is 0.631 e. The number of fused-ring (bicyclic) bond motifs is 1. The molecular weight excluding hydrogens is 205 g/mol. The molecule has 0 aromatic heterocycles. The summed E-state index contributed by atoms with van der Waals surface area (Å²) in [4.78, 5) is 1.14. The number of phenols is 1. The Hall–Kier alpha value is -0.885. The smallest absolute Gasteiger partial charge is 0.508 e. The van der Waals surface area contributed by atoms with E-state index in [2.05, 4.69) is 5.32 Å². The first-order valence-corrected chi connectivity index (χ1v) is 4.82. The molecule has 0 unspecified atom stereocenters. The lowest BCUT2D eigenvalue weighted by Crippen LogP contribution is -2.07. The summed E-state index contributed by atoms with van der Waals surface area (Å²) in [6.07, 6.45) is 0. The van der Waals surface area contributed by atoms with Gasteiger partial charge in [-0.2, -0.15) is 0 Å². The van der Waals surface area contributed by atoms with E-state index in [4.69, 9.17) is 20.2 Å². The number of thioether (sulfide) groups is 1. The van der Waals surface area contributed by atoms with Crippen LogP contribution in [0.2, 0.25) is 0 Å². The van der Waals surface area contributed by atoms with Crippen molar-refractivity contribution in [3.63, 3.8) is 0 Å². The first kappa shape index (κ1) is 11.2. The number of phenolic OH excluding ortho intramolecular Hbond substituents is 1. The molecule has 5 nitrogen and oxygen atoms in total. The quantitative estimate of drug-likeness (QED) is 0.304. The van der Waals surface area contributed by atoms with Gasteiger partial charge in [-0.3, -0.25) is 0 Å². The molecule has 0 aliphatic carbocycles. The van der Waals surface area contributed by atoms with Crippen LogP contribution in [0.15, 0.2) is 23.1 Å². The summed E-state index contributed by atoms with van der Waals surface area (Å²) in [6, 6.07) is 5.36. The summed E-state index contributed by atoms with van der Waals surface area (Å²) in [5.41, 5.74) is 1.13. The Kier molecular flexibility index (Phi) is 4.08. The monoisotopic (exact) mass is 215 g/mol. The summed E-state index contributed by atoms with van der Waals surface area (Å²) in [5, 5.41) is 33.7. The molecule has 0 fully saturated rings. The molecule has 0 saturated carbocycles. The molecule has 1 aliphatic rings. The lowest BCUT2D eigenvalue weighted by molar-refractivity contribution is 0.278. The first-order valence-electron chi connectivity index (χ1n) is 3.83. The van der Waals surface area contributed by atoms with E-state index in [0.717, 1.165) is 16.5 Å². The van der Waals surface area contributed by atoms with Gasteiger partial charge in [-0.05, 0) is 18.2 Å². The average molecular weight is 215 g/mol. The third-order valence-electron chi connectivity index (χ3n) is 1.46. The van der Waals surface area contributed by atoms with Crippen molar-refractivity contribution in [1.29, 1.82) is 0 Å². The van der Waals surface area contributed by atoms with Gasteiger partial charge in [0, 0.05) is 10.6 Å². The number of anilines is 1. The molecule has 0 atom stereocenters. The molecule has 0 spiro atoms. The van der Waals surface area contributed by atoms with E-state index >= 15 is 0 Å². The van der Waals surface area contributed by atoms with Crippen LogP contribution in [0.4, 0.5) is 5.69 Å². The summed E-state index contributed by atoms with van der Waals surface area (Å²) in [7, 11) is -2.17. The van der Waals surface area contributed by atoms with Gasteiger partial charge in [-0.1, -0.05) is 0 Å². The van der Waals surface area contributed by atoms with Gasteiger partial charge in [0.25, 0.3) is 0 Å². The molecule has 5 N–H and O–H groups in total. The zero-order chi connectivity index (χ0) is 10.6. The van der Waals surface area contributed by atoms with Gasteiger partial charge in [-0.15, -0.1) is 11.8 Å². The van der Waals surface area contributed by atoms with Crippen LogP contribution >= 0.6 is 11.8 Å². The van der Waals surface area contributed by atoms with Gasteiger partial charge in [0.1, 0.15) is 5.75 Å². The number of benzene rings is 1. The lowest BCUT2D eigenvalue weighted by atomic mass is 10.3. The van der Waals surface area contributed by atoms with Gasteiger partial charge in [0.15, 0.2) is 0 Å². The van der Waals surface area contributed by atoms with E-state index in [9.17, 15) is 0 Å². The highest BCUT2D eigenvalue weighted by Crippen LogP contribution is 2.35. The van der Waals surface area contributed by atoms with Crippen LogP contribution in [-0.2, 0) is 0 Å². The van der Waals surface area contributed by atoms with E-state index < -0.39 is 7.32 Å². The number of hydrogen-bond donors (Lipinski definition) is 5. The van der Waals surface area contributed by atoms with Crippen LogP contribution in [0, 0.1) is 0 Å². The molecule has 1 aromatic rings. The Morgan fingerprint density at radius 3 is 2.57 bits per heavy atom. The summed E-state index contributed by atoms with van der Waals surface area (Å²) < 4.78 is 0. The summed E-state index contributed by atoms with van der Waals surface area (Å²) in [5.74, 6) is 1.26. The minimum atomic E-state index is -2.17. The Balaban J connectivity index is 0.000000213. The van der Waals surface area contributed by atoms with Gasteiger partial charge in [0.05, 0.1) is 5.88 Å². The largest absolute Gasteiger partial charge is 0.631 e. The molecule has 76 valence electrons. The maximum atomic E-state index is 9.06. The van der Waals surface area contributed by atoms with Crippen LogP contribution in [0.1, 0.15) is 0 Å². The van der Waals surface area contributed by atoms with Gasteiger partial charge < -0.3 is 25.5 Å². The van der Waals surface area contributed by atoms with Crippen molar-refractivity contribution >= 4 is 24.8 Å². The Morgan fingerprint density at radius 1 is 1.29 bits per heavy atom. The highest BCUT2D eigenvalue weighted by atomic mass is 32.2. The predicted molar refractivity (Wildman–Crippen MR) is 54.9 cm³/mol. The third kappa shape index (κ3) is 3.47. The van der Waals surface area contributed by atoms with E-state index in [1.807, 2.05) is 6.07 Å². The molecule has 14 heavy (non-hydrogen) atoms. The fourth-order valence-electron chi connectivity index (χ4n) is 0.968. The predicted octanol–water partition coefficient (Wildman–Crippen LogP) is -0.185. The fraction of sp³-hybridized carbons (Fsp3) is 0.143. The van der Waals surface area contributed by atoms with Gasteiger partial charge in [0.2, 0.25) is 0 Å². The van der Waals surface area contributed by atoms with Crippen molar-refractivity contribution in [3.8, 4) is 5.75 Å². The van der Waals surface area contributed by atoms with Crippen molar-refractivity contribution < 1.29 is 20.2 Å². The molecule has 1 aromatic carbocycles. The van der Waals surface area contributed by atoms with Crippen LogP contribution in [-0.4, -0.2) is 33.4 Å². The lowest BCUT2D eigenvalue weighted by Gasteiger charge is -1.96. The topological polar surface area (TPSA) is 93.0 Å². The SMILES string of the molecule is OB(O)O.Oc1ccc2c(c1)SCN2. The summed E-state index contributed by atoms with van der Waals surface area (Å²) in [6.45, 7) is 0. The van der Waals surface area contributed by atoms with E-state index in [1.165, 1.54) is 0 Å². The Labute approximate surface area is 85.6 Å². The van der Waals surface area contributed by atoms with Crippen LogP contribution in [0.25, 0.3) is 0 Å². The first-order chi connectivity index (χ1) is 6.59. The van der Waals surface area contributed by atoms with E-state index in [-0.39, 0.29) is 0 Å². The van der Waals surface area contributed by atoms with Crippen molar-refractivity contribution in [2.75, 3.05) is 11.2 Å². The number of nitrogens with one attached hydrogen (secondary N) is 1. The Bertz CT molecular complexity index is 307. The molecule has 0 bridgehead atoms.